The third-order valence-electron chi connectivity index (χ3n) is 1.87. The molecule has 0 saturated heterocycles. The Kier molecular flexibility index (Phi) is 3.35. The van der Waals surface area contributed by atoms with Crippen LogP contribution in [0.4, 0.5) is 0 Å². The van der Waals surface area contributed by atoms with Crippen LogP contribution >= 0.6 is 24.7 Å². The molecule has 0 saturated carbocycles. The summed E-state index contributed by atoms with van der Waals surface area (Å²) in [7, 11) is 0.952. The molecule has 0 fully saturated rings. The summed E-state index contributed by atoms with van der Waals surface area (Å²) in [5.74, 6) is 0. The number of hydrogen-bond donors (Lipinski definition) is 0. The van der Waals surface area contributed by atoms with Gasteiger partial charge in [-0.15, -0.1) is 0 Å². The fourth-order valence-electron chi connectivity index (χ4n) is 1.01. The van der Waals surface area contributed by atoms with Gasteiger partial charge < -0.3 is 0 Å². The molecule has 0 spiro atoms. The van der Waals surface area contributed by atoms with E-state index in [1.54, 1.807) is 0 Å². The van der Waals surface area contributed by atoms with Crippen LogP contribution in [-0.2, 0) is 0 Å². The molecule has 1 aliphatic heterocycles. The Morgan fingerprint density at radius 3 is 2.80 bits per heavy atom. The Balaban J connectivity index is 2.54. The summed E-state index contributed by atoms with van der Waals surface area (Å²) in [4.78, 5) is 0. The molecule has 0 amide bonds. The van der Waals surface area contributed by atoms with Gasteiger partial charge in [0.2, 0.25) is 0 Å². The monoisotopic (exact) mass is 221 g/mol. The zero-order valence-electron chi connectivity index (χ0n) is 6.45. The van der Waals surface area contributed by atoms with Gasteiger partial charge in [-0.2, -0.15) is 0 Å². The average Bonchev–Trinajstić information content (AvgIpc) is 1.95. The normalized spacial score (nSPS) is 23.1. The van der Waals surface area contributed by atoms with Gasteiger partial charge in [-0.05, 0) is 20.0 Å². The van der Waals surface area contributed by atoms with Crippen molar-refractivity contribution >= 4 is 24.7 Å². The molecule has 0 aromatic carbocycles. The molecule has 1 rings (SSSR count). The van der Waals surface area contributed by atoms with Gasteiger partial charge in [0.05, 0.1) is 0 Å². The van der Waals surface area contributed by atoms with Gasteiger partial charge >= 0.3 is 0 Å². The summed E-state index contributed by atoms with van der Waals surface area (Å²) in [6, 6.07) is 0. The van der Waals surface area contributed by atoms with Crippen LogP contribution in [0, 0.1) is 0 Å². The van der Waals surface area contributed by atoms with Crippen molar-refractivity contribution in [2.75, 3.05) is 19.8 Å². The molecule has 0 aromatic rings. The lowest BCUT2D eigenvalue weighted by molar-refractivity contribution is 0.489. The Hall–Kier alpha value is 0.610. The van der Waals surface area contributed by atoms with E-state index < -0.39 is 0 Å². The highest BCUT2D eigenvalue weighted by Crippen LogP contribution is 2.27. The van der Waals surface area contributed by atoms with E-state index in [0.29, 0.717) is 0 Å². The lowest BCUT2D eigenvalue weighted by Gasteiger charge is -2.25. The zero-order chi connectivity index (χ0) is 7.56. The number of nitrogens with zero attached hydrogens (tertiary/aromatic N) is 1. The molecule has 1 unspecified atom stereocenters. The van der Waals surface area contributed by atoms with Gasteiger partial charge in [-0.3, -0.25) is 4.67 Å². The summed E-state index contributed by atoms with van der Waals surface area (Å²) >= 11 is 3.58. The molecule has 0 N–H and O–H groups in total. The maximum Gasteiger partial charge on any atom is 0.0335 e. The van der Waals surface area contributed by atoms with Crippen LogP contribution in [0.15, 0.2) is 10.1 Å². The Labute approximate surface area is 72.8 Å². The van der Waals surface area contributed by atoms with Crippen molar-refractivity contribution in [3.05, 3.63) is 10.1 Å². The summed E-state index contributed by atoms with van der Waals surface area (Å²) < 4.78 is 3.87. The van der Waals surface area contributed by atoms with E-state index in [1.807, 2.05) is 0 Å². The molecule has 1 heterocycles. The fraction of sp³-hybridized carbons (Fsp3) is 0.714. The highest BCUT2D eigenvalue weighted by atomic mass is 79.9. The minimum atomic E-state index is 0.952. The van der Waals surface area contributed by atoms with Crippen LogP contribution in [0.3, 0.4) is 0 Å². The number of halogens is 1. The molecule has 0 radical (unpaired) electrons. The smallest absolute Gasteiger partial charge is 0.0335 e. The van der Waals surface area contributed by atoms with Crippen LogP contribution in [0.5, 0.6) is 0 Å². The maximum atomic E-state index is 3.58. The minimum Gasteiger partial charge on any atom is -0.280 e. The second-order valence-corrected chi connectivity index (χ2v) is 4.62. The first-order valence-corrected chi connectivity index (χ1v) is 5.74. The third kappa shape index (κ3) is 2.05. The Bertz CT molecular complexity index is 156. The van der Waals surface area contributed by atoms with E-state index in [2.05, 4.69) is 34.2 Å². The first kappa shape index (κ1) is 8.70. The molecule has 1 aliphatic rings. The first-order chi connectivity index (χ1) is 4.74. The Morgan fingerprint density at radius 2 is 2.30 bits per heavy atom. The molecule has 1 atom stereocenters. The van der Waals surface area contributed by atoms with Crippen molar-refractivity contribution in [2.24, 2.45) is 0 Å². The largest absolute Gasteiger partial charge is 0.280 e. The summed E-state index contributed by atoms with van der Waals surface area (Å²) in [6.07, 6.45) is 1.24. The number of rotatable bonds is 1. The molecule has 10 heavy (non-hydrogen) atoms. The SMILES string of the molecule is CPN1CCC(C)=C(Br)C1. The van der Waals surface area contributed by atoms with Crippen LogP contribution in [0.1, 0.15) is 13.3 Å². The highest BCUT2D eigenvalue weighted by Gasteiger charge is 2.12. The van der Waals surface area contributed by atoms with Crippen molar-refractivity contribution < 1.29 is 0 Å². The average molecular weight is 222 g/mol. The van der Waals surface area contributed by atoms with Crippen molar-refractivity contribution in [1.29, 1.82) is 0 Å². The van der Waals surface area contributed by atoms with E-state index in [4.69, 9.17) is 0 Å². The molecular weight excluding hydrogens is 209 g/mol. The molecule has 0 aromatic heterocycles. The predicted molar refractivity (Wildman–Crippen MR) is 52.1 cm³/mol. The standard InChI is InChI=1S/C7H13BrNP/c1-6-3-4-9(10-2)5-7(6)8/h10H,3-5H2,1-2H3. The van der Waals surface area contributed by atoms with Gasteiger partial charge in [0.25, 0.3) is 0 Å². The predicted octanol–water partition coefficient (Wildman–Crippen LogP) is 2.58. The number of hydrogen-bond acceptors (Lipinski definition) is 1. The van der Waals surface area contributed by atoms with E-state index in [9.17, 15) is 0 Å². The molecule has 0 bridgehead atoms. The molecule has 1 nitrogen and oxygen atoms in total. The lowest BCUT2D eigenvalue weighted by Crippen LogP contribution is -2.21. The molecular formula is C7H13BrNP. The fourth-order valence-corrected chi connectivity index (χ4v) is 2.39. The van der Waals surface area contributed by atoms with Crippen molar-refractivity contribution in [2.45, 2.75) is 13.3 Å². The van der Waals surface area contributed by atoms with Crippen molar-refractivity contribution in [3.8, 4) is 0 Å². The quantitative estimate of drug-likeness (QED) is 0.616. The van der Waals surface area contributed by atoms with Gasteiger partial charge in [-0.1, -0.05) is 30.2 Å². The summed E-state index contributed by atoms with van der Waals surface area (Å²) in [5, 5.41) is 0. The highest BCUT2D eigenvalue weighted by molar-refractivity contribution is 9.11. The zero-order valence-corrected chi connectivity index (χ0v) is 9.03. The molecule has 0 aliphatic carbocycles. The lowest BCUT2D eigenvalue weighted by atomic mass is 10.1. The van der Waals surface area contributed by atoms with Gasteiger partial charge in [0, 0.05) is 17.6 Å². The van der Waals surface area contributed by atoms with Gasteiger partial charge in [0.1, 0.15) is 0 Å². The van der Waals surface area contributed by atoms with E-state index in [0.717, 1.165) is 15.3 Å². The van der Waals surface area contributed by atoms with E-state index >= 15 is 0 Å². The van der Waals surface area contributed by atoms with Crippen molar-refractivity contribution in [1.82, 2.24) is 4.67 Å². The topological polar surface area (TPSA) is 3.24 Å². The van der Waals surface area contributed by atoms with Crippen LogP contribution < -0.4 is 0 Å². The molecule has 58 valence electrons. The Morgan fingerprint density at radius 1 is 1.60 bits per heavy atom. The van der Waals surface area contributed by atoms with E-state index in [-0.39, 0.29) is 0 Å². The van der Waals surface area contributed by atoms with Gasteiger partial charge in [-0.25, -0.2) is 0 Å². The first-order valence-electron chi connectivity index (χ1n) is 3.50. The van der Waals surface area contributed by atoms with Crippen molar-refractivity contribution in [3.63, 3.8) is 0 Å². The summed E-state index contributed by atoms with van der Waals surface area (Å²) in [6.45, 7) is 6.82. The van der Waals surface area contributed by atoms with Crippen LogP contribution in [0.2, 0.25) is 0 Å². The van der Waals surface area contributed by atoms with Crippen LogP contribution in [-0.4, -0.2) is 24.4 Å². The van der Waals surface area contributed by atoms with E-state index in [1.165, 1.54) is 23.0 Å². The summed E-state index contributed by atoms with van der Waals surface area (Å²) in [5.41, 5.74) is 1.52. The second kappa shape index (κ2) is 3.85. The van der Waals surface area contributed by atoms with Crippen LogP contribution in [0.25, 0.3) is 0 Å². The van der Waals surface area contributed by atoms with Gasteiger partial charge in [0.15, 0.2) is 0 Å². The second-order valence-electron chi connectivity index (χ2n) is 2.58. The minimum absolute atomic E-state index is 0.952. The third-order valence-corrected chi connectivity index (χ3v) is 3.81. The molecule has 3 heteroatoms. The maximum absolute atomic E-state index is 3.58.